The fourth-order valence-electron chi connectivity index (χ4n) is 3.22. The van der Waals surface area contributed by atoms with Crippen LogP contribution in [0.2, 0.25) is 10.0 Å². The molecule has 0 saturated carbocycles. The summed E-state index contributed by atoms with van der Waals surface area (Å²) in [6, 6.07) is 12.9. The van der Waals surface area contributed by atoms with E-state index in [1.54, 1.807) is 36.0 Å². The Morgan fingerprint density at radius 3 is 2.64 bits per heavy atom. The van der Waals surface area contributed by atoms with Crippen molar-refractivity contribution >= 4 is 34.9 Å². The number of carbonyl (C=O) groups is 1. The molecule has 2 aromatic heterocycles. The van der Waals surface area contributed by atoms with E-state index in [1.165, 1.54) is 5.56 Å². The van der Waals surface area contributed by atoms with Crippen molar-refractivity contribution in [1.29, 1.82) is 0 Å². The van der Waals surface area contributed by atoms with Gasteiger partial charge < -0.3 is 14.6 Å². The monoisotopic (exact) mass is 484 g/mol. The largest absolute Gasteiger partial charge is 0.489 e. The number of anilines is 1. The van der Waals surface area contributed by atoms with Crippen LogP contribution in [0.3, 0.4) is 0 Å². The summed E-state index contributed by atoms with van der Waals surface area (Å²) >= 11 is 12.0. The summed E-state index contributed by atoms with van der Waals surface area (Å²) in [7, 11) is 0. The Morgan fingerprint density at radius 1 is 1.06 bits per heavy atom. The van der Waals surface area contributed by atoms with Gasteiger partial charge in [0.2, 0.25) is 0 Å². The van der Waals surface area contributed by atoms with Crippen molar-refractivity contribution in [2.24, 2.45) is 0 Å². The molecule has 4 rings (SSSR count). The van der Waals surface area contributed by atoms with Gasteiger partial charge in [-0.15, -0.1) is 0 Å². The number of ether oxygens (including phenoxy) is 1. The van der Waals surface area contributed by atoms with Crippen LogP contribution in [-0.2, 0) is 13.2 Å². The number of hydrogen-bond acceptors (Lipinski definition) is 5. The van der Waals surface area contributed by atoms with E-state index in [9.17, 15) is 4.79 Å². The molecule has 0 radical (unpaired) electrons. The highest BCUT2D eigenvalue weighted by atomic mass is 35.5. The molecule has 0 spiro atoms. The van der Waals surface area contributed by atoms with Crippen LogP contribution in [0.4, 0.5) is 5.82 Å². The van der Waals surface area contributed by atoms with Crippen LogP contribution in [-0.4, -0.2) is 20.8 Å². The van der Waals surface area contributed by atoms with Gasteiger partial charge in [0.25, 0.3) is 5.91 Å². The van der Waals surface area contributed by atoms with Gasteiger partial charge in [-0.05, 0) is 61.7 Å². The Labute approximate surface area is 201 Å². The van der Waals surface area contributed by atoms with Crippen molar-refractivity contribution in [3.8, 4) is 5.75 Å². The number of nitrogens with one attached hydrogen (secondary N) is 1. The lowest BCUT2D eigenvalue weighted by Crippen LogP contribution is -2.16. The molecule has 0 aliphatic heterocycles. The van der Waals surface area contributed by atoms with Crippen molar-refractivity contribution in [1.82, 2.24) is 14.9 Å². The van der Waals surface area contributed by atoms with Crippen molar-refractivity contribution in [3.63, 3.8) is 0 Å². The minimum atomic E-state index is -0.426. The van der Waals surface area contributed by atoms with Crippen molar-refractivity contribution < 1.29 is 14.1 Å². The predicted molar refractivity (Wildman–Crippen MR) is 127 cm³/mol. The summed E-state index contributed by atoms with van der Waals surface area (Å²) in [6.45, 7) is 6.44. The maximum absolute atomic E-state index is 12.8. The van der Waals surface area contributed by atoms with Crippen LogP contribution in [0.15, 0.2) is 53.2 Å². The van der Waals surface area contributed by atoms with Gasteiger partial charge in [0.15, 0.2) is 11.5 Å². The molecule has 4 aromatic rings. The van der Waals surface area contributed by atoms with Gasteiger partial charge in [-0.2, -0.15) is 5.10 Å². The zero-order valence-corrected chi connectivity index (χ0v) is 19.9. The first-order valence-electron chi connectivity index (χ1n) is 10.2. The molecule has 1 N–H and O–H groups in total. The van der Waals surface area contributed by atoms with Crippen LogP contribution < -0.4 is 10.1 Å². The fourth-order valence-corrected chi connectivity index (χ4v) is 3.54. The first-order chi connectivity index (χ1) is 15.8. The Balaban J connectivity index is 1.42. The third-order valence-electron chi connectivity index (χ3n) is 5.27. The lowest BCUT2D eigenvalue weighted by atomic mass is 10.1. The van der Waals surface area contributed by atoms with Gasteiger partial charge in [0, 0.05) is 12.3 Å². The SMILES string of the molecule is Cc1ccc(OCc2c(C(=O)Nc3ccn(Cc4ccc(Cl)c(Cl)c4)n3)noc2C)cc1C. The summed E-state index contributed by atoms with van der Waals surface area (Å²) in [5, 5.41) is 12.0. The molecule has 0 aliphatic carbocycles. The predicted octanol–water partition coefficient (Wildman–Crippen LogP) is 5.98. The third-order valence-corrected chi connectivity index (χ3v) is 6.01. The van der Waals surface area contributed by atoms with E-state index >= 15 is 0 Å². The maximum atomic E-state index is 12.8. The number of amides is 1. The van der Waals surface area contributed by atoms with E-state index in [-0.39, 0.29) is 12.3 Å². The molecule has 9 heteroatoms. The first-order valence-corrected chi connectivity index (χ1v) is 11.0. The van der Waals surface area contributed by atoms with Gasteiger partial charge >= 0.3 is 0 Å². The summed E-state index contributed by atoms with van der Waals surface area (Å²) < 4.78 is 12.8. The summed E-state index contributed by atoms with van der Waals surface area (Å²) in [4.78, 5) is 12.8. The molecule has 170 valence electrons. The Bertz CT molecular complexity index is 1310. The quantitative estimate of drug-likeness (QED) is 0.348. The molecule has 0 bridgehead atoms. The summed E-state index contributed by atoms with van der Waals surface area (Å²) in [6.07, 6.45) is 1.76. The number of rotatable bonds is 7. The minimum Gasteiger partial charge on any atom is -0.489 e. The van der Waals surface area contributed by atoms with Gasteiger partial charge in [-0.25, -0.2) is 0 Å². The Hall–Kier alpha value is -3.29. The smallest absolute Gasteiger partial charge is 0.279 e. The molecule has 2 heterocycles. The zero-order chi connectivity index (χ0) is 23.5. The molecule has 0 atom stereocenters. The molecule has 7 nitrogen and oxygen atoms in total. The molecule has 0 unspecified atom stereocenters. The second-order valence-electron chi connectivity index (χ2n) is 7.70. The third kappa shape index (κ3) is 5.38. The molecule has 0 aliphatic rings. The lowest BCUT2D eigenvalue weighted by Gasteiger charge is -2.08. The van der Waals surface area contributed by atoms with Gasteiger partial charge in [0.05, 0.1) is 22.2 Å². The van der Waals surface area contributed by atoms with Crippen LogP contribution in [0.1, 0.15) is 38.5 Å². The van der Waals surface area contributed by atoms with E-state index in [0.717, 1.165) is 11.1 Å². The average molecular weight is 485 g/mol. The minimum absolute atomic E-state index is 0.159. The van der Waals surface area contributed by atoms with Gasteiger partial charge in [-0.3, -0.25) is 9.48 Å². The van der Waals surface area contributed by atoms with E-state index in [2.05, 4.69) is 15.6 Å². The van der Waals surface area contributed by atoms with Gasteiger partial charge in [0.1, 0.15) is 18.1 Å². The highest BCUT2D eigenvalue weighted by Gasteiger charge is 2.21. The molecule has 0 saturated heterocycles. The van der Waals surface area contributed by atoms with Crippen molar-refractivity contribution in [2.45, 2.75) is 33.9 Å². The van der Waals surface area contributed by atoms with Crippen LogP contribution >= 0.6 is 23.2 Å². The van der Waals surface area contributed by atoms with E-state index in [0.29, 0.717) is 39.5 Å². The number of carbonyl (C=O) groups excluding carboxylic acids is 1. The van der Waals surface area contributed by atoms with Gasteiger partial charge in [-0.1, -0.05) is 40.5 Å². The van der Waals surface area contributed by atoms with E-state index in [4.69, 9.17) is 32.5 Å². The van der Waals surface area contributed by atoms with Crippen molar-refractivity contribution in [3.05, 3.63) is 92.4 Å². The van der Waals surface area contributed by atoms with Crippen LogP contribution in [0, 0.1) is 20.8 Å². The number of nitrogens with zero attached hydrogens (tertiary/aromatic N) is 3. The second-order valence-corrected chi connectivity index (χ2v) is 8.52. The lowest BCUT2D eigenvalue weighted by molar-refractivity contribution is 0.101. The number of benzene rings is 2. The maximum Gasteiger partial charge on any atom is 0.279 e. The second kappa shape index (κ2) is 9.68. The van der Waals surface area contributed by atoms with Crippen molar-refractivity contribution in [2.75, 3.05) is 5.32 Å². The fraction of sp³-hybridized carbons (Fsp3) is 0.208. The highest BCUT2D eigenvalue weighted by molar-refractivity contribution is 6.42. The average Bonchev–Trinajstić information content (AvgIpc) is 3.37. The number of halogens is 2. The highest BCUT2D eigenvalue weighted by Crippen LogP contribution is 2.24. The zero-order valence-electron chi connectivity index (χ0n) is 18.4. The Morgan fingerprint density at radius 2 is 1.88 bits per heavy atom. The number of aryl methyl sites for hydroxylation is 3. The van der Waals surface area contributed by atoms with Crippen LogP contribution in [0.25, 0.3) is 0 Å². The van der Waals surface area contributed by atoms with E-state index in [1.807, 2.05) is 38.1 Å². The normalized spacial score (nSPS) is 10.9. The van der Waals surface area contributed by atoms with Crippen LogP contribution in [0.5, 0.6) is 5.75 Å². The number of aromatic nitrogens is 3. The summed E-state index contributed by atoms with van der Waals surface area (Å²) in [5.41, 5.74) is 3.99. The molecule has 33 heavy (non-hydrogen) atoms. The molecular weight excluding hydrogens is 463 g/mol. The molecular formula is C24H22Cl2N4O3. The number of hydrogen-bond donors (Lipinski definition) is 1. The summed E-state index contributed by atoms with van der Waals surface area (Å²) in [5.74, 6) is 1.20. The first kappa shape index (κ1) is 22.9. The topological polar surface area (TPSA) is 82.2 Å². The molecule has 1 amide bonds. The van der Waals surface area contributed by atoms with E-state index < -0.39 is 5.91 Å². The standard InChI is InChI=1S/C24H22Cl2N4O3/c1-14-4-6-18(10-15(14)2)32-13-19-16(3)33-29-23(19)24(31)27-22-8-9-30(28-22)12-17-5-7-20(25)21(26)11-17/h4-11H,12-13H2,1-3H3,(H,27,28,31). The molecule has 2 aromatic carbocycles. The molecule has 0 fully saturated rings. The Kier molecular flexibility index (Phi) is 6.72.